The van der Waals surface area contributed by atoms with Crippen molar-refractivity contribution in [2.75, 3.05) is 0 Å². The molecule has 0 atom stereocenters. The molecule has 0 heteroatoms. The molecule has 0 amide bonds. The maximum atomic E-state index is 2.26. The van der Waals surface area contributed by atoms with Crippen molar-refractivity contribution in [2.45, 2.75) is 62.3 Å². The second-order valence-electron chi connectivity index (χ2n) is 5.52. The summed E-state index contributed by atoms with van der Waals surface area (Å²) in [6.07, 6.45) is 0. The highest BCUT2D eigenvalue weighted by Crippen LogP contribution is 2.23. The minimum Gasteiger partial charge on any atom is -0.358 e. The molecule has 0 aromatic carbocycles. The molecule has 0 aromatic heterocycles. The zero-order valence-electron chi connectivity index (χ0n) is 12.1. The molecule has 0 nitrogen and oxygen atoms in total. The average Bonchev–Trinajstić information content (AvgIpc) is 1.86. The monoisotopic (exact) mass is 199 g/mol. The standard InChI is InChI=1S/C7H16.C6H12.CH3/c1-6(2)7(3,4)5;1-5(2)6(3)4;/h6H,1-5H3;1-4H3;1H3/q;;-1. The lowest BCUT2D eigenvalue weighted by molar-refractivity contribution is 0.283. The van der Waals surface area contributed by atoms with Gasteiger partial charge in [0.1, 0.15) is 0 Å². The Morgan fingerprint density at radius 3 is 0.929 bits per heavy atom. The van der Waals surface area contributed by atoms with E-state index >= 15 is 0 Å². The fourth-order valence-electron chi connectivity index (χ4n) is 0. The van der Waals surface area contributed by atoms with E-state index < -0.39 is 0 Å². The summed E-state index contributed by atoms with van der Waals surface area (Å²) in [5.74, 6) is 0.799. The van der Waals surface area contributed by atoms with Gasteiger partial charge in [0.2, 0.25) is 0 Å². The van der Waals surface area contributed by atoms with Gasteiger partial charge in [-0.05, 0) is 39.0 Å². The Labute approximate surface area is 92.8 Å². The summed E-state index contributed by atoms with van der Waals surface area (Å²) in [6.45, 7) is 19.8. The lowest BCUT2D eigenvalue weighted by atomic mass is 9.84. The smallest absolute Gasteiger partial charge is 0.0360 e. The normalized spacial score (nSPS) is 9.86. The maximum absolute atomic E-state index is 2.26. The lowest BCUT2D eigenvalue weighted by Gasteiger charge is -2.22. The molecule has 0 aliphatic carbocycles. The summed E-state index contributed by atoms with van der Waals surface area (Å²) in [5, 5.41) is 0. The molecule has 0 N–H and O–H groups in total. The molecule has 0 heterocycles. The third-order valence-corrected chi connectivity index (χ3v) is 2.73. The maximum Gasteiger partial charge on any atom is -0.0360 e. The molecule has 0 aromatic rings. The number of hydrogen-bond donors (Lipinski definition) is 0. The molecule has 88 valence electrons. The van der Waals surface area contributed by atoms with E-state index in [0.29, 0.717) is 5.41 Å². The molecule has 0 bridgehead atoms. The van der Waals surface area contributed by atoms with E-state index in [1.807, 2.05) is 0 Å². The van der Waals surface area contributed by atoms with Gasteiger partial charge in [-0.1, -0.05) is 45.8 Å². The second kappa shape index (κ2) is 8.08. The average molecular weight is 199 g/mol. The molecule has 0 aliphatic rings. The Balaban J connectivity index is -0.000000163. The number of rotatable bonds is 0. The molecular weight excluding hydrogens is 168 g/mol. The van der Waals surface area contributed by atoms with Gasteiger partial charge in [0, 0.05) is 0 Å². The predicted molar refractivity (Wildman–Crippen MR) is 70.4 cm³/mol. The largest absolute Gasteiger partial charge is 0.358 e. The van der Waals surface area contributed by atoms with Crippen molar-refractivity contribution in [1.82, 2.24) is 0 Å². The zero-order chi connectivity index (χ0) is 11.2. The van der Waals surface area contributed by atoms with Crippen LogP contribution in [0.2, 0.25) is 0 Å². The van der Waals surface area contributed by atoms with Gasteiger partial charge < -0.3 is 7.43 Å². The highest BCUT2D eigenvalue weighted by atomic mass is 14.2. The summed E-state index contributed by atoms with van der Waals surface area (Å²) in [4.78, 5) is 0. The van der Waals surface area contributed by atoms with Gasteiger partial charge in [0.25, 0.3) is 0 Å². The molecular formula is C14H31-. The fourth-order valence-corrected chi connectivity index (χ4v) is 0. The third kappa shape index (κ3) is 14.3. The van der Waals surface area contributed by atoms with Gasteiger partial charge in [-0.3, -0.25) is 0 Å². The van der Waals surface area contributed by atoms with Crippen LogP contribution in [0.25, 0.3) is 0 Å². The highest BCUT2D eigenvalue weighted by molar-refractivity contribution is 5.02. The Hall–Kier alpha value is -0.260. The van der Waals surface area contributed by atoms with E-state index in [1.165, 1.54) is 11.1 Å². The van der Waals surface area contributed by atoms with E-state index in [9.17, 15) is 0 Å². The summed E-state index contributed by atoms with van der Waals surface area (Å²) < 4.78 is 0. The van der Waals surface area contributed by atoms with Gasteiger partial charge in [0.15, 0.2) is 0 Å². The van der Waals surface area contributed by atoms with E-state index in [0.717, 1.165) is 5.92 Å². The summed E-state index contributed by atoms with van der Waals surface area (Å²) in [7, 11) is 0. The van der Waals surface area contributed by atoms with Crippen LogP contribution in [0, 0.1) is 18.8 Å². The Morgan fingerprint density at radius 2 is 0.929 bits per heavy atom. The van der Waals surface area contributed by atoms with Crippen LogP contribution in [-0.2, 0) is 0 Å². The molecule has 0 spiro atoms. The predicted octanol–water partition coefficient (Wildman–Crippen LogP) is 5.50. The topological polar surface area (TPSA) is 0 Å². The first-order chi connectivity index (χ1) is 5.59. The van der Waals surface area contributed by atoms with Gasteiger partial charge in [0.05, 0.1) is 0 Å². The van der Waals surface area contributed by atoms with E-state index in [1.54, 1.807) is 0 Å². The van der Waals surface area contributed by atoms with Gasteiger partial charge >= 0.3 is 0 Å². The first-order valence-electron chi connectivity index (χ1n) is 5.19. The first kappa shape index (κ1) is 19.3. The molecule has 0 aliphatic heterocycles. The van der Waals surface area contributed by atoms with Crippen molar-refractivity contribution in [3.05, 3.63) is 18.6 Å². The third-order valence-electron chi connectivity index (χ3n) is 2.73. The summed E-state index contributed by atoms with van der Waals surface area (Å²) in [5.41, 5.74) is 3.35. The molecule has 0 rings (SSSR count). The van der Waals surface area contributed by atoms with Gasteiger partial charge in [-0.25, -0.2) is 0 Å². The van der Waals surface area contributed by atoms with Crippen LogP contribution in [0.1, 0.15) is 62.3 Å². The second-order valence-corrected chi connectivity index (χ2v) is 5.52. The molecule has 0 unspecified atom stereocenters. The van der Waals surface area contributed by atoms with Crippen LogP contribution < -0.4 is 0 Å². The highest BCUT2D eigenvalue weighted by Gasteiger charge is 2.13. The number of hydrogen-bond acceptors (Lipinski definition) is 0. The van der Waals surface area contributed by atoms with E-state index in [2.05, 4.69) is 62.3 Å². The summed E-state index contributed by atoms with van der Waals surface area (Å²) in [6, 6.07) is 0. The van der Waals surface area contributed by atoms with Crippen molar-refractivity contribution in [3.8, 4) is 0 Å². The van der Waals surface area contributed by atoms with Crippen molar-refractivity contribution in [3.63, 3.8) is 0 Å². The summed E-state index contributed by atoms with van der Waals surface area (Å²) >= 11 is 0. The van der Waals surface area contributed by atoms with Crippen LogP contribution in [0.4, 0.5) is 0 Å². The number of allylic oxidation sites excluding steroid dienone is 2. The quantitative estimate of drug-likeness (QED) is 0.357. The van der Waals surface area contributed by atoms with Crippen LogP contribution in [0.5, 0.6) is 0 Å². The molecule has 0 fully saturated rings. The Morgan fingerprint density at radius 1 is 0.786 bits per heavy atom. The van der Waals surface area contributed by atoms with Crippen molar-refractivity contribution in [1.29, 1.82) is 0 Å². The van der Waals surface area contributed by atoms with Gasteiger partial charge in [-0.2, -0.15) is 0 Å². The Bertz CT molecular complexity index is 135. The van der Waals surface area contributed by atoms with Crippen LogP contribution in [-0.4, -0.2) is 0 Å². The van der Waals surface area contributed by atoms with Crippen LogP contribution >= 0.6 is 0 Å². The minimum absolute atomic E-state index is 0. The Kier molecular flexibility index (Phi) is 11.2. The molecule has 0 saturated carbocycles. The van der Waals surface area contributed by atoms with Crippen molar-refractivity contribution in [2.24, 2.45) is 11.3 Å². The van der Waals surface area contributed by atoms with Gasteiger partial charge in [-0.15, -0.1) is 0 Å². The lowest BCUT2D eigenvalue weighted by Crippen LogP contribution is -2.12. The molecule has 0 radical (unpaired) electrons. The van der Waals surface area contributed by atoms with Crippen LogP contribution in [0.3, 0.4) is 0 Å². The molecule has 0 saturated heterocycles. The van der Waals surface area contributed by atoms with Crippen LogP contribution in [0.15, 0.2) is 11.1 Å². The minimum atomic E-state index is 0. The zero-order valence-corrected chi connectivity index (χ0v) is 12.1. The van der Waals surface area contributed by atoms with Crippen molar-refractivity contribution >= 4 is 0 Å². The SMILES string of the molecule is CC(C)=C(C)C.CC(C)C(C)(C)C.[CH3-]. The first-order valence-corrected chi connectivity index (χ1v) is 5.19. The van der Waals surface area contributed by atoms with E-state index in [-0.39, 0.29) is 7.43 Å². The van der Waals surface area contributed by atoms with Crippen molar-refractivity contribution < 1.29 is 0 Å². The molecule has 14 heavy (non-hydrogen) atoms. The van der Waals surface area contributed by atoms with E-state index in [4.69, 9.17) is 0 Å². The fraction of sp³-hybridized carbons (Fsp3) is 0.786.